The van der Waals surface area contributed by atoms with Crippen molar-refractivity contribution >= 4 is 23.5 Å². The minimum absolute atomic E-state index is 0.0746. The standard InChI is InChI=1S/C16H20ClN3O2/c17-12-6-4-11(5-7-12)14-8-10-20(14)16(22)19-13-3-1-2-9-18-15(13)21/h4-7,13-14H,1-3,8-10H2,(H,18,21)(H,19,22)/t13-,14-/m1/s1. The van der Waals surface area contributed by atoms with Crippen molar-refractivity contribution in [3.63, 3.8) is 0 Å². The summed E-state index contributed by atoms with van der Waals surface area (Å²) in [6.07, 6.45) is 3.56. The second kappa shape index (κ2) is 6.57. The lowest BCUT2D eigenvalue weighted by atomic mass is 9.95. The number of rotatable bonds is 2. The minimum atomic E-state index is -0.415. The Kier molecular flexibility index (Phi) is 4.52. The predicted octanol–water partition coefficient (Wildman–Crippen LogP) is 2.47. The zero-order valence-electron chi connectivity index (χ0n) is 12.3. The number of carbonyl (C=O) groups is 2. The van der Waals surface area contributed by atoms with Gasteiger partial charge in [0.15, 0.2) is 0 Å². The normalized spacial score (nSPS) is 25.0. The maximum absolute atomic E-state index is 12.4. The lowest BCUT2D eigenvalue weighted by Crippen LogP contribution is -2.55. The number of likely N-dealkylation sites (tertiary alicyclic amines) is 1. The first-order chi connectivity index (χ1) is 10.6. The van der Waals surface area contributed by atoms with Crippen LogP contribution in [0.1, 0.15) is 37.3 Å². The number of halogens is 1. The van der Waals surface area contributed by atoms with Gasteiger partial charge in [0.25, 0.3) is 0 Å². The van der Waals surface area contributed by atoms with Gasteiger partial charge in [-0.2, -0.15) is 0 Å². The molecule has 0 unspecified atom stereocenters. The van der Waals surface area contributed by atoms with Crippen LogP contribution >= 0.6 is 11.6 Å². The number of urea groups is 1. The third kappa shape index (κ3) is 3.19. The number of amides is 3. The summed E-state index contributed by atoms with van der Waals surface area (Å²) in [5.74, 6) is -0.0746. The fourth-order valence-corrected chi connectivity index (χ4v) is 3.10. The average molecular weight is 322 g/mol. The molecule has 2 heterocycles. The zero-order valence-corrected chi connectivity index (χ0v) is 13.1. The summed E-state index contributed by atoms with van der Waals surface area (Å²) < 4.78 is 0. The van der Waals surface area contributed by atoms with Crippen LogP contribution in [-0.2, 0) is 4.79 Å². The molecule has 0 bridgehead atoms. The summed E-state index contributed by atoms with van der Waals surface area (Å²) >= 11 is 5.90. The molecule has 0 aromatic heterocycles. The lowest BCUT2D eigenvalue weighted by molar-refractivity contribution is -0.122. The van der Waals surface area contributed by atoms with Crippen molar-refractivity contribution in [1.29, 1.82) is 0 Å². The third-order valence-corrected chi connectivity index (χ3v) is 4.62. The number of nitrogens with zero attached hydrogens (tertiary/aromatic N) is 1. The van der Waals surface area contributed by atoms with Gasteiger partial charge in [-0.15, -0.1) is 0 Å². The summed E-state index contributed by atoms with van der Waals surface area (Å²) in [5, 5.41) is 6.40. The molecule has 2 aliphatic heterocycles. The maximum atomic E-state index is 12.4. The molecule has 1 aromatic carbocycles. The van der Waals surface area contributed by atoms with Gasteiger partial charge in [-0.1, -0.05) is 23.7 Å². The summed E-state index contributed by atoms with van der Waals surface area (Å²) in [6.45, 7) is 1.41. The molecule has 6 heteroatoms. The molecule has 3 amide bonds. The summed E-state index contributed by atoms with van der Waals surface area (Å²) in [5.41, 5.74) is 1.08. The van der Waals surface area contributed by atoms with E-state index in [0.717, 1.165) is 24.8 Å². The zero-order chi connectivity index (χ0) is 15.5. The van der Waals surface area contributed by atoms with E-state index in [1.54, 1.807) is 4.90 Å². The number of nitrogens with one attached hydrogen (secondary N) is 2. The van der Waals surface area contributed by atoms with Gasteiger partial charge in [0.2, 0.25) is 5.91 Å². The molecule has 0 saturated carbocycles. The maximum Gasteiger partial charge on any atom is 0.318 e. The molecule has 2 N–H and O–H groups in total. The minimum Gasteiger partial charge on any atom is -0.354 e. The van der Waals surface area contributed by atoms with Crippen molar-refractivity contribution in [2.24, 2.45) is 0 Å². The molecule has 0 spiro atoms. The highest BCUT2D eigenvalue weighted by Crippen LogP contribution is 2.33. The molecule has 22 heavy (non-hydrogen) atoms. The lowest BCUT2D eigenvalue weighted by Gasteiger charge is -2.41. The summed E-state index contributed by atoms with van der Waals surface area (Å²) in [4.78, 5) is 26.1. The second-order valence-corrected chi connectivity index (χ2v) is 6.27. The molecule has 2 saturated heterocycles. The van der Waals surface area contributed by atoms with Gasteiger partial charge < -0.3 is 15.5 Å². The van der Waals surface area contributed by atoms with Gasteiger partial charge in [-0.05, 0) is 43.4 Å². The Hall–Kier alpha value is -1.75. The van der Waals surface area contributed by atoms with Gasteiger partial charge in [-0.3, -0.25) is 4.79 Å². The highest BCUT2D eigenvalue weighted by Gasteiger charge is 2.35. The summed E-state index contributed by atoms with van der Waals surface area (Å²) in [6, 6.07) is 7.07. The number of hydrogen-bond donors (Lipinski definition) is 2. The second-order valence-electron chi connectivity index (χ2n) is 5.84. The van der Waals surface area contributed by atoms with Crippen LogP contribution in [0.2, 0.25) is 5.02 Å². The number of benzene rings is 1. The van der Waals surface area contributed by atoms with Crippen LogP contribution in [0.15, 0.2) is 24.3 Å². The highest BCUT2D eigenvalue weighted by atomic mass is 35.5. The van der Waals surface area contributed by atoms with E-state index in [1.807, 2.05) is 24.3 Å². The first kappa shape index (κ1) is 15.2. The number of hydrogen-bond acceptors (Lipinski definition) is 2. The largest absolute Gasteiger partial charge is 0.354 e. The molecule has 118 valence electrons. The quantitative estimate of drug-likeness (QED) is 0.879. The van der Waals surface area contributed by atoms with Crippen LogP contribution in [-0.4, -0.2) is 36.0 Å². The Morgan fingerprint density at radius 3 is 2.68 bits per heavy atom. The Labute approximate surface area is 135 Å². The van der Waals surface area contributed by atoms with Gasteiger partial charge in [-0.25, -0.2) is 4.79 Å². The van der Waals surface area contributed by atoms with E-state index in [-0.39, 0.29) is 18.0 Å². The molecule has 2 fully saturated rings. The van der Waals surface area contributed by atoms with Crippen molar-refractivity contribution in [2.75, 3.05) is 13.1 Å². The van der Waals surface area contributed by atoms with Crippen LogP contribution in [0.25, 0.3) is 0 Å². The van der Waals surface area contributed by atoms with Crippen molar-refractivity contribution in [3.05, 3.63) is 34.9 Å². The van der Waals surface area contributed by atoms with E-state index < -0.39 is 6.04 Å². The van der Waals surface area contributed by atoms with Gasteiger partial charge in [0, 0.05) is 18.1 Å². The Balaban J connectivity index is 1.62. The smallest absolute Gasteiger partial charge is 0.318 e. The third-order valence-electron chi connectivity index (χ3n) is 4.37. The number of carbonyl (C=O) groups excluding carboxylic acids is 2. The Morgan fingerprint density at radius 2 is 2.00 bits per heavy atom. The van der Waals surface area contributed by atoms with Crippen LogP contribution in [0.3, 0.4) is 0 Å². The predicted molar refractivity (Wildman–Crippen MR) is 84.7 cm³/mol. The van der Waals surface area contributed by atoms with E-state index in [1.165, 1.54) is 0 Å². The van der Waals surface area contributed by atoms with Gasteiger partial charge >= 0.3 is 6.03 Å². The average Bonchev–Trinajstić information content (AvgIpc) is 2.65. The monoisotopic (exact) mass is 321 g/mol. The van der Waals surface area contributed by atoms with E-state index in [4.69, 9.17) is 11.6 Å². The van der Waals surface area contributed by atoms with Crippen LogP contribution in [0.5, 0.6) is 0 Å². The first-order valence-corrected chi connectivity index (χ1v) is 8.13. The molecule has 2 aliphatic rings. The molecular formula is C16H20ClN3O2. The van der Waals surface area contributed by atoms with Crippen molar-refractivity contribution < 1.29 is 9.59 Å². The Morgan fingerprint density at radius 1 is 1.23 bits per heavy atom. The van der Waals surface area contributed by atoms with Crippen LogP contribution in [0.4, 0.5) is 4.79 Å². The molecule has 2 atom stereocenters. The molecule has 3 rings (SSSR count). The fraction of sp³-hybridized carbons (Fsp3) is 0.500. The molecule has 0 radical (unpaired) electrons. The van der Waals surface area contributed by atoms with E-state index in [0.29, 0.717) is 24.5 Å². The molecule has 5 nitrogen and oxygen atoms in total. The van der Waals surface area contributed by atoms with Crippen LogP contribution < -0.4 is 10.6 Å². The van der Waals surface area contributed by atoms with Gasteiger partial charge in [0.1, 0.15) is 6.04 Å². The van der Waals surface area contributed by atoms with Crippen molar-refractivity contribution in [3.8, 4) is 0 Å². The van der Waals surface area contributed by atoms with Crippen molar-refractivity contribution in [1.82, 2.24) is 15.5 Å². The van der Waals surface area contributed by atoms with Crippen LogP contribution in [0, 0.1) is 0 Å². The molecular weight excluding hydrogens is 302 g/mol. The SMILES string of the molecule is O=C1NCCCC[C@H]1NC(=O)N1CC[C@@H]1c1ccc(Cl)cc1. The van der Waals surface area contributed by atoms with Gasteiger partial charge in [0.05, 0.1) is 6.04 Å². The molecule has 1 aromatic rings. The van der Waals surface area contributed by atoms with E-state index >= 15 is 0 Å². The summed E-state index contributed by atoms with van der Waals surface area (Å²) in [7, 11) is 0. The Bertz CT molecular complexity index is 561. The topological polar surface area (TPSA) is 61.4 Å². The first-order valence-electron chi connectivity index (χ1n) is 7.75. The van der Waals surface area contributed by atoms with Crippen molar-refractivity contribution in [2.45, 2.75) is 37.8 Å². The molecule has 0 aliphatic carbocycles. The van der Waals surface area contributed by atoms with E-state index in [9.17, 15) is 9.59 Å². The van der Waals surface area contributed by atoms with E-state index in [2.05, 4.69) is 10.6 Å². The highest BCUT2D eigenvalue weighted by molar-refractivity contribution is 6.30. The fourth-order valence-electron chi connectivity index (χ4n) is 2.97.